The maximum atomic E-state index is 12.5. The Morgan fingerprint density at radius 3 is 2.93 bits per heavy atom. The van der Waals surface area contributed by atoms with Crippen LogP contribution in [0.25, 0.3) is 11.4 Å². The first-order valence-electron chi connectivity index (χ1n) is 10.1. The number of anilines is 1. The van der Waals surface area contributed by atoms with Crippen LogP contribution in [0.4, 0.5) is 5.69 Å². The zero-order chi connectivity index (χ0) is 20.8. The highest BCUT2D eigenvalue weighted by Crippen LogP contribution is 2.29. The number of nitrogens with one attached hydrogen (secondary N) is 1. The number of para-hydroxylation sites is 2. The number of hydrogen-bond donors (Lipinski definition) is 1. The summed E-state index contributed by atoms with van der Waals surface area (Å²) < 4.78 is 10.8. The third-order valence-electron chi connectivity index (χ3n) is 5.18. The molecule has 0 saturated carbocycles. The van der Waals surface area contributed by atoms with Gasteiger partial charge < -0.3 is 19.5 Å². The molecule has 1 aliphatic heterocycles. The van der Waals surface area contributed by atoms with E-state index in [0.717, 1.165) is 42.9 Å². The van der Waals surface area contributed by atoms with Gasteiger partial charge in [-0.15, -0.1) is 0 Å². The predicted molar refractivity (Wildman–Crippen MR) is 112 cm³/mol. The highest BCUT2D eigenvalue weighted by molar-refractivity contribution is 5.76. The molecule has 3 heterocycles. The van der Waals surface area contributed by atoms with Crippen LogP contribution in [0.1, 0.15) is 25.2 Å². The van der Waals surface area contributed by atoms with Crippen LogP contribution in [-0.2, 0) is 11.2 Å². The van der Waals surface area contributed by atoms with Crippen LogP contribution in [0.2, 0.25) is 0 Å². The van der Waals surface area contributed by atoms with Crippen molar-refractivity contribution in [2.45, 2.75) is 31.7 Å². The number of ether oxygens (including phenoxy) is 1. The second-order valence-electron chi connectivity index (χ2n) is 7.27. The van der Waals surface area contributed by atoms with Crippen molar-refractivity contribution in [3.05, 3.63) is 54.7 Å². The second-order valence-corrected chi connectivity index (χ2v) is 7.27. The zero-order valence-electron chi connectivity index (χ0n) is 17.0. The smallest absolute Gasteiger partial charge is 0.227 e. The van der Waals surface area contributed by atoms with E-state index in [9.17, 15) is 4.79 Å². The van der Waals surface area contributed by atoms with Gasteiger partial charge in [-0.05, 0) is 37.1 Å². The van der Waals surface area contributed by atoms with Crippen LogP contribution < -0.4 is 15.0 Å². The number of carbonyl (C=O) groups is 1. The van der Waals surface area contributed by atoms with Gasteiger partial charge in [-0.3, -0.25) is 9.78 Å². The Kier molecular flexibility index (Phi) is 6.22. The highest BCUT2D eigenvalue weighted by atomic mass is 16.5. The lowest BCUT2D eigenvalue weighted by Crippen LogP contribution is -2.48. The molecule has 1 aromatic carbocycles. The molecule has 2 aromatic heterocycles. The van der Waals surface area contributed by atoms with Crippen molar-refractivity contribution < 1.29 is 14.1 Å². The molecular formula is C22H25N5O3. The maximum absolute atomic E-state index is 12.5. The SMILES string of the molecule is COc1ccccc1N1CCCC(NC(=O)CCc2nc(-c3ccncc3)no2)C1. The van der Waals surface area contributed by atoms with Crippen LogP contribution in [0.5, 0.6) is 5.75 Å². The molecule has 0 bridgehead atoms. The van der Waals surface area contributed by atoms with Crippen LogP contribution in [0.15, 0.2) is 53.3 Å². The molecule has 1 amide bonds. The Labute approximate surface area is 175 Å². The first-order valence-corrected chi connectivity index (χ1v) is 10.1. The third-order valence-corrected chi connectivity index (χ3v) is 5.18. The molecule has 4 rings (SSSR count). The fourth-order valence-electron chi connectivity index (χ4n) is 3.70. The van der Waals surface area contributed by atoms with Gasteiger partial charge in [0, 0.05) is 49.9 Å². The number of nitrogens with zero attached hydrogens (tertiary/aromatic N) is 4. The molecule has 1 unspecified atom stereocenters. The summed E-state index contributed by atoms with van der Waals surface area (Å²) in [5.41, 5.74) is 1.90. The summed E-state index contributed by atoms with van der Waals surface area (Å²) in [5.74, 6) is 1.81. The summed E-state index contributed by atoms with van der Waals surface area (Å²) in [4.78, 5) is 23.1. The molecule has 8 nitrogen and oxygen atoms in total. The Balaban J connectivity index is 1.29. The number of aryl methyl sites for hydroxylation is 1. The summed E-state index contributed by atoms with van der Waals surface area (Å²) in [5, 5.41) is 7.12. The van der Waals surface area contributed by atoms with E-state index in [-0.39, 0.29) is 11.9 Å². The van der Waals surface area contributed by atoms with Gasteiger partial charge >= 0.3 is 0 Å². The largest absolute Gasteiger partial charge is 0.495 e. The molecule has 30 heavy (non-hydrogen) atoms. The lowest BCUT2D eigenvalue weighted by atomic mass is 10.0. The van der Waals surface area contributed by atoms with E-state index in [1.807, 2.05) is 30.3 Å². The third kappa shape index (κ3) is 4.76. The summed E-state index contributed by atoms with van der Waals surface area (Å²) >= 11 is 0. The van der Waals surface area contributed by atoms with Crippen LogP contribution in [0.3, 0.4) is 0 Å². The number of aromatic nitrogens is 3. The Morgan fingerprint density at radius 2 is 2.10 bits per heavy atom. The molecular weight excluding hydrogens is 382 g/mol. The van der Waals surface area contributed by atoms with Gasteiger partial charge in [0.25, 0.3) is 0 Å². The van der Waals surface area contributed by atoms with Gasteiger partial charge in [-0.1, -0.05) is 17.3 Å². The number of methoxy groups -OCH3 is 1. The van der Waals surface area contributed by atoms with Crippen molar-refractivity contribution in [3.63, 3.8) is 0 Å². The standard InChI is InChI=1S/C22H25N5O3/c1-29-19-7-3-2-6-18(19)27-14-4-5-17(15-27)24-20(28)8-9-21-25-22(26-30-21)16-10-12-23-13-11-16/h2-3,6-7,10-13,17H,4-5,8-9,14-15H2,1H3,(H,24,28). The topological polar surface area (TPSA) is 93.4 Å². The fourth-order valence-corrected chi connectivity index (χ4v) is 3.70. The molecule has 0 spiro atoms. The van der Waals surface area contributed by atoms with Crippen molar-refractivity contribution in [2.24, 2.45) is 0 Å². The van der Waals surface area contributed by atoms with Crippen molar-refractivity contribution in [3.8, 4) is 17.1 Å². The minimum absolute atomic E-state index is 0.00876. The summed E-state index contributed by atoms with van der Waals surface area (Å²) in [6.45, 7) is 1.71. The average molecular weight is 407 g/mol. The number of piperidine rings is 1. The Morgan fingerprint density at radius 1 is 1.27 bits per heavy atom. The van der Waals surface area contributed by atoms with E-state index in [1.54, 1.807) is 19.5 Å². The van der Waals surface area contributed by atoms with E-state index in [2.05, 4.69) is 31.4 Å². The zero-order valence-corrected chi connectivity index (χ0v) is 17.0. The van der Waals surface area contributed by atoms with Crippen molar-refractivity contribution in [2.75, 3.05) is 25.1 Å². The predicted octanol–water partition coefficient (Wildman–Crippen LogP) is 2.86. The molecule has 1 aliphatic rings. The molecule has 1 fully saturated rings. The maximum Gasteiger partial charge on any atom is 0.227 e. The van der Waals surface area contributed by atoms with E-state index in [4.69, 9.17) is 9.26 Å². The van der Waals surface area contributed by atoms with Crippen LogP contribution in [0, 0.1) is 0 Å². The lowest BCUT2D eigenvalue weighted by molar-refractivity contribution is -0.121. The normalized spacial score (nSPS) is 16.3. The van der Waals surface area contributed by atoms with Gasteiger partial charge in [-0.25, -0.2) is 0 Å². The molecule has 0 aliphatic carbocycles. The summed E-state index contributed by atoms with van der Waals surface area (Å²) in [7, 11) is 1.68. The highest BCUT2D eigenvalue weighted by Gasteiger charge is 2.23. The number of benzene rings is 1. The van der Waals surface area contributed by atoms with Gasteiger partial charge in [0.05, 0.1) is 12.8 Å². The van der Waals surface area contributed by atoms with Crippen molar-refractivity contribution in [1.29, 1.82) is 0 Å². The van der Waals surface area contributed by atoms with Crippen molar-refractivity contribution in [1.82, 2.24) is 20.4 Å². The van der Waals surface area contributed by atoms with Gasteiger partial charge in [0.15, 0.2) is 0 Å². The van der Waals surface area contributed by atoms with Gasteiger partial charge in [0.1, 0.15) is 5.75 Å². The Bertz CT molecular complexity index is 976. The van der Waals surface area contributed by atoms with E-state index >= 15 is 0 Å². The second kappa shape index (κ2) is 9.39. The monoisotopic (exact) mass is 407 g/mol. The lowest BCUT2D eigenvalue weighted by Gasteiger charge is -2.35. The number of amides is 1. The summed E-state index contributed by atoms with van der Waals surface area (Å²) in [6, 6.07) is 11.7. The minimum Gasteiger partial charge on any atom is -0.495 e. The molecule has 0 radical (unpaired) electrons. The summed E-state index contributed by atoms with van der Waals surface area (Å²) in [6.07, 6.45) is 6.05. The van der Waals surface area contributed by atoms with Crippen LogP contribution in [-0.4, -0.2) is 47.3 Å². The minimum atomic E-state index is -0.00876. The number of rotatable bonds is 7. The van der Waals surface area contributed by atoms with Crippen molar-refractivity contribution >= 4 is 11.6 Å². The van der Waals surface area contributed by atoms with E-state index < -0.39 is 0 Å². The molecule has 156 valence electrons. The van der Waals surface area contributed by atoms with Gasteiger partial charge in [0.2, 0.25) is 17.6 Å². The van der Waals surface area contributed by atoms with Crippen LogP contribution >= 0.6 is 0 Å². The number of pyridine rings is 1. The number of hydrogen-bond acceptors (Lipinski definition) is 7. The molecule has 8 heteroatoms. The quantitative estimate of drug-likeness (QED) is 0.644. The molecule has 1 atom stereocenters. The fraction of sp³-hybridized carbons (Fsp3) is 0.364. The average Bonchev–Trinajstić information content (AvgIpc) is 3.28. The first-order chi connectivity index (χ1) is 14.7. The number of carbonyl (C=O) groups excluding carboxylic acids is 1. The van der Waals surface area contributed by atoms with E-state index in [0.29, 0.717) is 24.6 Å². The Hall–Kier alpha value is -3.42. The molecule has 1 saturated heterocycles. The molecule has 3 aromatic rings. The molecule has 1 N–H and O–H groups in total. The van der Waals surface area contributed by atoms with Gasteiger partial charge in [-0.2, -0.15) is 4.98 Å². The van der Waals surface area contributed by atoms with E-state index in [1.165, 1.54) is 0 Å². The first kappa shape index (κ1) is 19.9.